The Morgan fingerprint density at radius 1 is 1.38 bits per heavy atom. The molecule has 0 atom stereocenters. The zero-order chi connectivity index (χ0) is 15.4. The summed E-state index contributed by atoms with van der Waals surface area (Å²) in [6.07, 6.45) is 0.987. The second-order valence-corrected chi connectivity index (χ2v) is 5.38. The van der Waals surface area contributed by atoms with Gasteiger partial charge in [-0.1, -0.05) is 6.07 Å². The molecule has 1 aromatic carbocycles. The molecule has 5 nitrogen and oxygen atoms in total. The van der Waals surface area contributed by atoms with E-state index in [-0.39, 0.29) is 24.5 Å². The van der Waals surface area contributed by atoms with Crippen molar-refractivity contribution in [2.24, 2.45) is 0 Å². The summed E-state index contributed by atoms with van der Waals surface area (Å²) in [5.41, 5.74) is 2.84. The van der Waals surface area contributed by atoms with E-state index >= 15 is 0 Å². The summed E-state index contributed by atoms with van der Waals surface area (Å²) in [5, 5.41) is 3.26. The molecular formula is C16H22N2O3. The van der Waals surface area contributed by atoms with E-state index in [1.807, 2.05) is 32.0 Å². The molecule has 0 fully saturated rings. The maximum absolute atomic E-state index is 12.6. The van der Waals surface area contributed by atoms with Gasteiger partial charge in [0.05, 0.1) is 6.61 Å². The molecule has 1 N–H and O–H groups in total. The van der Waals surface area contributed by atoms with Crippen LogP contribution in [-0.4, -0.2) is 42.5 Å². The molecule has 5 heteroatoms. The van der Waals surface area contributed by atoms with Gasteiger partial charge in [-0.05, 0) is 44.9 Å². The third-order valence-corrected chi connectivity index (χ3v) is 3.56. The average Bonchev–Trinajstić information content (AvgIpc) is 2.91. The van der Waals surface area contributed by atoms with Gasteiger partial charge in [0.15, 0.2) is 0 Å². The molecule has 1 heterocycles. The van der Waals surface area contributed by atoms with Crippen LogP contribution in [0.25, 0.3) is 0 Å². The Morgan fingerprint density at radius 2 is 2.14 bits per heavy atom. The number of benzene rings is 1. The zero-order valence-corrected chi connectivity index (χ0v) is 12.8. The number of ether oxygens (including phenoxy) is 1. The van der Waals surface area contributed by atoms with Crippen molar-refractivity contribution in [1.82, 2.24) is 4.90 Å². The first kappa shape index (κ1) is 15.4. The highest BCUT2D eigenvalue weighted by molar-refractivity contribution is 5.97. The van der Waals surface area contributed by atoms with Gasteiger partial charge in [0, 0.05) is 23.8 Å². The Balaban J connectivity index is 2.16. The predicted octanol–water partition coefficient (Wildman–Crippen LogP) is 2.07. The monoisotopic (exact) mass is 290 g/mol. The fraction of sp³-hybridized carbons (Fsp3) is 0.500. The molecule has 0 radical (unpaired) electrons. The maximum Gasteiger partial charge on any atom is 0.325 e. The van der Waals surface area contributed by atoms with Crippen molar-refractivity contribution >= 4 is 17.6 Å². The molecule has 1 amide bonds. The van der Waals surface area contributed by atoms with Gasteiger partial charge in [-0.3, -0.25) is 9.59 Å². The Bertz CT molecular complexity index is 540. The topological polar surface area (TPSA) is 58.6 Å². The minimum atomic E-state index is -0.376. The second kappa shape index (κ2) is 6.61. The molecule has 1 aliphatic rings. The lowest BCUT2D eigenvalue weighted by molar-refractivity contribution is -0.144. The number of carbonyl (C=O) groups is 2. The van der Waals surface area contributed by atoms with Crippen molar-refractivity contribution in [3.63, 3.8) is 0 Å². The summed E-state index contributed by atoms with van der Waals surface area (Å²) < 4.78 is 4.94. The van der Waals surface area contributed by atoms with Gasteiger partial charge in [0.2, 0.25) is 0 Å². The number of nitrogens with zero attached hydrogens (tertiary/aromatic N) is 1. The molecule has 1 aromatic rings. The number of nitrogens with one attached hydrogen (secondary N) is 1. The number of fused-ring (bicyclic) bond motifs is 1. The summed E-state index contributed by atoms with van der Waals surface area (Å²) in [6, 6.07) is 5.61. The van der Waals surface area contributed by atoms with Crippen molar-refractivity contribution in [3.8, 4) is 0 Å². The fourth-order valence-corrected chi connectivity index (χ4v) is 2.42. The smallest absolute Gasteiger partial charge is 0.325 e. The van der Waals surface area contributed by atoms with E-state index in [9.17, 15) is 9.59 Å². The molecule has 21 heavy (non-hydrogen) atoms. The number of rotatable bonds is 5. The minimum Gasteiger partial charge on any atom is -0.465 e. The van der Waals surface area contributed by atoms with Crippen molar-refractivity contribution in [2.75, 3.05) is 25.0 Å². The van der Waals surface area contributed by atoms with Crippen LogP contribution in [0.15, 0.2) is 18.2 Å². The van der Waals surface area contributed by atoms with Crippen LogP contribution in [-0.2, 0) is 16.0 Å². The maximum atomic E-state index is 12.6. The second-order valence-electron chi connectivity index (χ2n) is 5.38. The van der Waals surface area contributed by atoms with Crippen LogP contribution in [0.2, 0.25) is 0 Å². The first-order chi connectivity index (χ1) is 10.0. The summed E-state index contributed by atoms with van der Waals surface area (Å²) in [4.78, 5) is 25.8. The normalized spacial score (nSPS) is 12.8. The van der Waals surface area contributed by atoms with Crippen LogP contribution in [0.4, 0.5) is 5.69 Å². The lowest BCUT2D eigenvalue weighted by Crippen LogP contribution is -2.41. The number of hydrogen-bond donors (Lipinski definition) is 1. The molecule has 0 unspecified atom stereocenters. The molecule has 0 aromatic heterocycles. The first-order valence-corrected chi connectivity index (χ1v) is 7.36. The third-order valence-electron chi connectivity index (χ3n) is 3.56. The van der Waals surface area contributed by atoms with Crippen LogP contribution in [0.1, 0.15) is 36.7 Å². The number of esters is 1. The summed E-state index contributed by atoms with van der Waals surface area (Å²) in [5.74, 6) is -0.520. The highest BCUT2D eigenvalue weighted by Gasteiger charge is 2.23. The lowest BCUT2D eigenvalue weighted by Gasteiger charge is -2.26. The van der Waals surface area contributed by atoms with Crippen LogP contribution in [0.3, 0.4) is 0 Å². The van der Waals surface area contributed by atoms with Crippen molar-refractivity contribution in [2.45, 2.75) is 33.2 Å². The van der Waals surface area contributed by atoms with Crippen molar-refractivity contribution in [3.05, 3.63) is 29.3 Å². The minimum absolute atomic E-state index is 0.0190. The Morgan fingerprint density at radius 3 is 2.81 bits per heavy atom. The van der Waals surface area contributed by atoms with Gasteiger partial charge in [0.1, 0.15) is 6.54 Å². The number of amides is 1. The Hall–Kier alpha value is -2.04. The van der Waals surface area contributed by atoms with Crippen LogP contribution < -0.4 is 5.32 Å². The predicted molar refractivity (Wildman–Crippen MR) is 81.4 cm³/mol. The number of hydrogen-bond acceptors (Lipinski definition) is 4. The van der Waals surface area contributed by atoms with Gasteiger partial charge in [0.25, 0.3) is 5.91 Å². The first-order valence-electron chi connectivity index (χ1n) is 7.36. The van der Waals surface area contributed by atoms with E-state index in [1.165, 1.54) is 10.5 Å². The fourth-order valence-electron chi connectivity index (χ4n) is 2.42. The van der Waals surface area contributed by atoms with Crippen molar-refractivity contribution < 1.29 is 14.3 Å². The standard InChI is InChI=1S/C16H22N2O3/c1-4-21-15(19)10-18(11(2)3)16(20)13-6-5-12-7-8-17-14(12)9-13/h5-6,9,11,17H,4,7-8,10H2,1-3H3. The summed E-state index contributed by atoms with van der Waals surface area (Å²) in [7, 11) is 0. The highest BCUT2D eigenvalue weighted by Crippen LogP contribution is 2.24. The van der Waals surface area contributed by atoms with E-state index in [4.69, 9.17) is 4.74 Å². The molecule has 2 rings (SSSR count). The van der Waals surface area contributed by atoms with E-state index in [0.717, 1.165) is 18.7 Å². The molecule has 0 bridgehead atoms. The van der Waals surface area contributed by atoms with Crippen LogP contribution in [0.5, 0.6) is 0 Å². The van der Waals surface area contributed by atoms with Gasteiger partial charge in [-0.25, -0.2) is 0 Å². The summed E-state index contributed by atoms with van der Waals surface area (Å²) >= 11 is 0. The summed E-state index contributed by atoms with van der Waals surface area (Å²) in [6.45, 7) is 6.75. The average molecular weight is 290 g/mol. The molecule has 0 saturated carbocycles. The largest absolute Gasteiger partial charge is 0.465 e. The highest BCUT2D eigenvalue weighted by atomic mass is 16.5. The molecule has 0 saturated heterocycles. The van der Waals surface area contributed by atoms with E-state index in [0.29, 0.717) is 12.2 Å². The Labute approximate surface area is 125 Å². The number of carbonyl (C=O) groups excluding carboxylic acids is 2. The van der Waals surface area contributed by atoms with Gasteiger partial charge in [-0.15, -0.1) is 0 Å². The van der Waals surface area contributed by atoms with Crippen LogP contribution in [0, 0.1) is 0 Å². The molecule has 114 valence electrons. The third kappa shape index (κ3) is 3.54. The SMILES string of the molecule is CCOC(=O)CN(C(=O)c1ccc2c(c1)NCC2)C(C)C. The van der Waals surface area contributed by atoms with Gasteiger partial charge >= 0.3 is 5.97 Å². The number of anilines is 1. The lowest BCUT2D eigenvalue weighted by atomic mass is 10.1. The quantitative estimate of drug-likeness (QED) is 0.843. The van der Waals surface area contributed by atoms with Gasteiger partial charge in [-0.2, -0.15) is 0 Å². The van der Waals surface area contributed by atoms with E-state index < -0.39 is 0 Å². The van der Waals surface area contributed by atoms with Crippen molar-refractivity contribution in [1.29, 1.82) is 0 Å². The Kier molecular flexibility index (Phi) is 4.83. The molecular weight excluding hydrogens is 268 g/mol. The van der Waals surface area contributed by atoms with Gasteiger partial charge < -0.3 is 15.0 Å². The van der Waals surface area contributed by atoms with E-state index in [1.54, 1.807) is 6.92 Å². The van der Waals surface area contributed by atoms with E-state index in [2.05, 4.69) is 5.32 Å². The molecule has 0 spiro atoms. The molecule has 1 aliphatic heterocycles. The van der Waals surface area contributed by atoms with Crippen LogP contribution >= 0.6 is 0 Å². The molecule has 0 aliphatic carbocycles. The zero-order valence-electron chi connectivity index (χ0n) is 12.8.